The summed E-state index contributed by atoms with van der Waals surface area (Å²) >= 11 is 5.98. The molecule has 0 saturated carbocycles. The van der Waals surface area contributed by atoms with Gasteiger partial charge in [-0.2, -0.15) is 4.98 Å². The third-order valence-electron chi connectivity index (χ3n) is 3.68. The van der Waals surface area contributed by atoms with Gasteiger partial charge >= 0.3 is 0 Å². The Morgan fingerprint density at radius 3 is 3.05 bits per heavy atom. The quantitative estimate of drug-likeness (QED) is 0.944. The van der Waals surface area contributed by atoms with Crippen LogP contribution in [0.25, 0.3) is 11.4 Å². The molecule has 1 aromatic heterocycles. The summed E-state index contributed by atoms with van der Waals surface area (Å²) < 4.78 is 5.35. The first kappa shape index (κ1) is 14.5. The summed E-state index contributed by atoms with van der Waals surface area (Å²) in [5.41, 5.74) is 6.92. The van der Waals surface area contributed by atoms with Crippen LogP contribution in [0.1, 0.15) is 19.2 Å². The fraction of sp³-hybridized carbons (Fsp3) is 0.467. The van der Waals surface area contributed by atoms with Crippen molar-refractivity contribution >= 4 is 11.6 Å². The van der Waals surface area contributed by atoms with Gasteiger partial charge in [0.25, 0.3) is 0 Å². The minimum atomic E-state index is 0.226. The van der Waals surface area contributed by atoms with Crippen LogP contribution in [0.2, 0.25) is 5.02 Å². The predicted molar refractivity (Wildman–Crippen MR) is 81.8 cm³/mol. The first-order valence-corrected chi connectivity index (χ1v) is 7.54. The van der Waals surface area contributed by atoms with Crippen molar-refractivity contribution in [2.75, 3.05) is 13.1 Å². The number of hydrogen-bond donors (Lipinski definition) is 1. The summed E-state index contributed by atoms with van der Waals surface area (Å²) in [7, 11) is 0. The van der Waals surface area contributed by atoms with E-state index in [1.807, 2.05) is 24.3 Å². The summed E-state index contributed by atoms with van der Waals surface area (Å²) in [5, 5.41) is 4.69. The number of likely N-dealkylation sites (tertiary alicyclic amines) is 1. The van der Waals surface area contributed by atoms with Gasteiger partial charge in [-0.25, -0.2) is 0 Å². The average molecular weight is 307 g/mol. The van der Waals surface area contributed by atoms with E-state index in [4.69, 9.17) is 21.9 Å². The maximum absolute atomic E-state index is 6.06. The molecule has 21 heavy (non-hydrogen) atoms. The molecule has 2 unspecified atom stereocenters. The van der Waals surface area contributed by atoms with E-state index in [1.165, 1.54) is 0 Å². The topological polar surface area (TPSA) is 68.2 Å². The molecule has 0 amide bonds. The molecule has 1 aromatic carbocycles. The summed E-state index contributed by atoms with van der Waals surface area (Å²) in [6.45, 7) is 4.75. The lowest BCUT2D eigenvalue weighted by Gasteiger charge is -2.33. The second-order valence-electron chi connectivity index (χ2n) is 5.82. The Morgan fingerprint density at radius 2 is 2.29 bits per heavy atom. The molecule has 0 spiro atoms. The van der Waals surface area contributed by atoms with Gasteiger partial charge < -0.3 is 10.3 Å². The Balaban J connectivity index is 1.70. The van der Waals surface area contributed by atoms with E-state index >= 15 is 0 Å². The van der Waals surface area contributed by atoms with Crippen molar-refractivity contribution in [3.05, 3.63) is 35.2 Å². The molecule has 112 valence electrons. The number of piperidine rings is 1. The number of rotatable bonds is 3. The molecule has 2 atom stereocenters. The summed E-state index contributed by atoms with van der Waals surface area (Å²) in [6, 6.07) is 7.67. The highest BCUT2D eigenvalue weighted by Crippen LogP contribution is 2.21. The van der Waals surface area contributed by atoms with Gasteiger partial charge in [0.1, 0.15) is 0 Å². The van der Waals surface area contributed by atoms with Crippen molar-refractivity contribution in [1.29, 1.82) is 0 Å². The Hall–Kier alpha value is -1.43. The van der Waals surface area contributed by atoms with E-state index in [2.05, 4.69) is 22.0 Å². The lowest BCUT2D eigenvalue weighted by Crippen LogP contribution is -2.45. The molecule has 2 N–H and O–H groups in total. The number of nitrogens with zero attached hydrogens (tertiary/aromatic N) is 3. The summed E-state index contributed by atoms with van der Waals surface area (Å²) in [5.74, 6) is 1.79. The van der Waals surface area contributed by atoms with Gasteiger partial charge in [0.15, 0.2) is 0 Å². The number of nitrogens with two attached hydrogens (primary N) is 1. The van der Waals surface area contributed by atoms with Crippen molar-refractivity contribution in [2.24, 2.45) is 11.7 Å². The van der Waals surface area contributed by atoms with Gasteiger partial charge in [0.2, 0.25) is 11.7 Å². The molecule has 0 aliphatic carbocycles. The number of aromatic nitrogens is 2. The standard InChI is InChI=1S/C15H19ClN4O/c1-10-5-13(17)8-20(7-10)9-14-18-15(19-21-14)11-3-2-4-12(16)6-11/h2-4,6,10,13H,5,7-9,17H2,1H3. The number of halogens is 1. The van der Waals surface area contributed by atoms with Gasteiger partial charge in [-0.1, -0.05) is 35.8 Å². The second kappa shape index (κ2) is 6.13. The lowest BCUT2D eigenvalue weighted by atomic mass is 9.97. The van der Waals surface area contributed by atoms with Gasteiger partial charge in [-0.15, -0.1) is 0 Å². The zero-order valence-electron chi connectivity index (χ0n) is 12.0. The normalized spacial score (nSPS) is 23.4. The van der Waals surface area contributed by atoms with Gasteiger partial charge in [0.05, 0.1) is 6.54 Å². The molecule has 0 radical (unpaired) electrons. The van der Waals surface area contributed by atoms with Gasteiger partial charge in [-0.3, -0.25) is 4.90 Å². The van der Waals surface area contributed by atoms with Crippen LogP contribution in [-0.2, 0) is 6.54 Å². The van der Waals surface area contributed by atoms with Crippen molar-refractivity contribution in [3.8, 4) is 11.4 Å². The molecule has 0 bridgehead atoms. The first-order valence-electron chi connectivity index (χ1n) is 7.16. The van der Waals surface area contributed by atoms with Gasteiger partial charge in [-0.05, 0) is 24.5 Å². The van der Waals surface area contributed by atoms with E-state index < -0.39 is 0 Å². The van der Waals surface area contributed by atoms with Crippen LogP contribution in [-0.4, -0.2) is 34.2 Å². The Labute approximate surface area is 129 Å². The van der Waals surface area contributed by atoms with Crippen LogP contribution in [0.5, 0.6) is 0 Å². The molecule has 6 heteroatoms. The number of hydrogen-bond acceptors (Lipinski definition) is 5. The maximum atomic E-state index is 6.06. The molecule has 1 aliphatic rings. The van der Waals surface area contributed by atoms with E-state index in [1.54, 1.807) is 0 Å². The van der Waals surface area contributed by atoms with Gasteiger partial charge in [0, 0.05) is 29.7 Å². The van der Waals surface area contributed by atoms with Crippen molar-refractivity contribution in [2.45, 2.75) is 25.9 Å². The minimum absolute atomic E-state index is 0.226. The zero-order valence-corrected chi connectivity index (χ0v) is 12.8. The van der Waals surface area contributed by atoms with E-state index in [0.29, 0.717) is 29.2 Å². The molecule has 1 fully saturated rings. The molecule has 2 heterocycles. The summed E-state index contributed by atoms with van der Waals surface area (Å²) in [6.07, 6.45) is 1.08. The maximum Gasteiger partial charge on any atom is 0.241 e. The zero-order chi connectivity index (χ0) is 14.8. The SMILES string of the molecule is CC1CC(N)CN(Cc2nc(-c3cccc(Cl)c3)no2)C1. The minimum Gasteiger partial charge on any atom is -0.338 e. The van der Waals surface area contributed by atoms with Crippen LogP contribution < -0.4 is 5.73 Å². The molecular weight excluding hydrogens is 288 g/mol. The van der Waals surface area contributed by atoms with Crippen LogP contribution >= 0.6 is 11.6 Å². The molecular formula is C15H19ClN4O. The van der Waals surface area contributed by atoms with Crippen molar-refractivity contribution in [3.63, 3.8) is 0 Å². The molecule has 3 rings (SSSR count). The molecule has 1 aliphatic heterocycles. The Bertz CT molecular complexity index is 605. The summed E-state index contributed by atoms with van der Waals surface area (Å²) in [4.78, 5) is 6.72. The van der Waals surface area contributed by atoms with Crippen LogP contribution in [0.4, 0.5) is 0 Å². The smallest absolute Gasteiger partial charge is 0.241 e. The largest absolute Gasteiger partial charge is 0.338 e. The fourth-order valence-corrected chi connectivity index (χ4v) is 3.09. The van der Waals surface area contributed by atoms with Crippen LogP contribution in [0, 0.1) is 5.92 Å². The third-order valence-corrected chi connectivity index (χ3v) is 3.91. The number of benzene rings is 1. The molecule has 5 nitrogen and oxygen atoms in total. The third kappa shape index (κ3) is 3.61. The highest BCUT2D eigenvalue weighted by molar-refractivity contribution is 6.30. The highest BCUT2D eigenvalue weighted by Gasteiger charge is 2.23. The van der Waals surface area contributed by atoms with Crippen molar-refractivity contribution in [1.82, 2.24) is 15.0 Å². The predicted octanol–water partition coefficient (Wildman–Crippen LogP) is 2.56. The van der Waals surface area contributed by atoms with Crippen molar-refractivity contribution < 1.29 is 4.52 Å². The Morgan fingerprint density at radius 1 is 1.43 bits per heavy atom. The van der Waals surface area contributed by atoms with E-state index in [9.17, 15) is 0 Å². The van der Waals surface area contributed by atoms with Crippen LogP contribution in [0.3, 0.4) is 0 Å². The van der Waals surface area contributed by atoms with E-state index in [-0.39, 0.29) is 6.04 Å². The van der Waals surface area contributed by atoms with Crippen LogP contribution in [0.15, 0.2) is 28.8 Å². The average Bonchev–Trinajstić information content (AvgIpc) is 2.86. The first-order chi connectivity index (χ1) is 10.1. The van der Waals surface area contributed by atoms with E-state index in [0.717, 1.165) is 25.1 Å². The molecule has 1 saturated heterocycles. The highest BCUT2D eigenvalue weighted by atomic mass is 35.5. The molecule has 2 aromatic rings. The Kier molecular flexibility index (Phi) is 4.24. The monoisotopic (exact) mass is 306 g/mol. The lowest BCUT2D eigenvalue weighted by molar-refractivity contribution is 0.142. The fourth-order valence-electron chi connectivity index (χ4n) is 2.90. The second-order valence-corrected chi connectivity index (χ2v) is 6.25.